The topological polar surface area (TPSA) is 70.1 Å². The lowest BCUT2D eigenvalue weighted by atomic mass is 10.0. The Labute approximate surface area is 157 Å². The third-order valence-corrected chi connectivity index (χ3v) is 5.15. The lowest BCUT2D eigenvalue weighted by Gasteiger charge is -2.37. The number of nitrogens with zero attached hydrogens (tertiary/aromatic N) is 2. The van der Waals surface area contributed by atoms with Gasteiger partial charge in [0.05, 0.1) is 11.6 Å². The van der Waals surface area contributed by atoms with E-state index in [1.807, 2.05) is 4.90 Å². The summed E-state index contributed by atoms with van der Waals surface area (Å²) in [5, 5.41) is 9.53. The second-order valence-corrected chi connectivity index (χ2v) is 6.96. The molecule has 2 rings (SSSR count). The van der Waals surface area contributed by atoms with Crippen LogP contribution in [0.4, 0.5) is 0 Å². The van der Waals surface area contributed by atoms with Crippen LogP contribution in [0.1, 0.15) is 19.8 Å². The first-order valence-corrected chi connectivity index (χ1v) is 8.86. The number of rotatable bonds is 6. The molecule has 1 saturated heterocycles. The van der Waals surface area contributed by atoms with Crippen molar-refractivity contribution in [1.29, 1.82) is 0 Å². The number of halogens is 2. The predicted octanol–water partition coefficient (Wildman–Crippen LogP) is 2.77. The second kappa shape index (κ2) is 8.74. The first-order valence-electron chi connectivity index (χ1n) is 8.11. The molecule has 0 aromatic heterocycles. The van der Waals surface area contributed by atoms with E-state index in [1.54, 1.807) is 37.1 Å². The van der Waals surface area contributed by atoms with Crippen LogP contribution in [-0.2, 0) is 9.59 Å². The van der Waals surface area contributed by atoms with Crippen LogP contribution in [0.25, 0.3) is 0 Å². The number of aliphatic carboxylic acids is 1. The fourth-order valence-electron chi connectivity index (χ4n) is 2.94. The van der Waals surface area contributed by atoms with Crippen molar-refractivity contribution in [3.8, 4) is 5.75 Å². The third-order valence-electron chi connectivity index (χ3n) is 4.35. The van der Waals surface area contributed by atoms with Crippen molar-refractivity contribution in [2.24, 2.45) is 0 Å². The summed E-state index contributed by atoms with van der Waals surface area (Å²) in [7, 11) is 1.79. The highest BCUT2D eigenvalue weighted by Crippen LogP contribution is 2.32. The van der Waals surface area contributed by atoms with E-state index in [1.165, 1.54) is 0 Å². The average molecular weight is 389 g/mol. The van der Waals surface area contributed by atoms with Crippen LogP contribution in [-0.4, -0.2) is 65.6 Å². The maximum absolute atomic E-state index is 12.6. The van der Waals surface area contributed by atoms with Crippen LogP contribution in [0, 0.1) is 0 Å². The summed E-state index contributed by atoms with van der Waals surface area (Å²) in [6.45, 7) is 2.84. The Morgan fingerprint density at radius 3 is 2.60 bits per heavy atom. The van der Waals surface area contributed by atoms with Gasteiger partial charge in [-0.2, -0.15) is 0 Å². The van der Waals surface area contributed by atoms with Gasteiger partial charge in [0.1, 0.15) is 10.8 Å². The van der Waals surface area contributed by atoms with E-state index in [0.29, 0.717) is 23.9 Å². The summed E-state index contributed by atoms with van der Waals surface area (Å²) in [6.07, 6.45) is 0.796. The minimum absolute atomic E-state index is 0.00535. The molecule has 25 heavy (non-hydrogen) atoms. The molecule has 1 aromatic rings. The van der Waals surface area contributed by atoms with Crippen molar-refractivity contribution in [1.82, 2.24) is 9.80 Å². The zero-order valence-corrected chi connectivity index (χ0v) is 15.8. The lowest BCUT2D eigenvalue weighted by Crippen LogP contribution is -2.49. The number of likely N-dealkylation sites (tertiary alicyclic amines) is 1. The van der Waals surface area contributed by atoms with Gasteiger partial charge in [0.15, 0.2) is 6.10 Å². The van der Waals surface area contributed by atoms with Gasteiger partial charge in [-0.05, 0) is 38.9 Å². The Hall–Kier alpha value is -1.50. The van der Waals surface area contributed by atoms with Gasteiger partial charge < -0.3 is 14.7 Å². The van der Waals surface area contributed by atoms with Crippen molar-refractivity contribution in [2.45, 2.75) is 31.9 Å². The van der Waals surface area contributed by atoms with Crippen LogP contribution >= 0.6 is 23.2 Å². The summed E-state index contributed by atoms with van der Waals surface area (Å²) >= 11 is 12.0. The van der Waals surface area contributed by atoms with Gasteiger partial charge in [0.25, 0.3) is 5.91 Å². The molecule has 0 radical (unpaired) electrons. The first-order chi connectivity index (χ1) is 11.8. The summed E-state index contributed by atoms with van der Waals surface area (Å²) in [4.78, 5) is 26.9. The number of amides is 1. The predicted molar refractivity (Wildman–Crippen MR) is 96.4 cm³/mol. The van der Waals surface area contributed by atoms with E-state index in [9.17, 15) is 9.59 Å². The minimum Gasteiger partial charge on any atom is -0.480 e. The molecular weight excluding hydrogens is 367 g/mol. The largest absolute Gasteiger partial charge is 0.480 e. The van der Waals surface area contributed by atoms with Gasteiger partial charge in [0.2, 0.25) is 0 Å². The number of carbonyl (C=O) groups excluding carboxylic acids is 1. The van der Waals surface area contributed by atoms with E-state index in [2.05, 4.69) is 0 Å². The maximum atomic E-state index is 12.6. The van der Waals surface area contributed by atoms with Crippen LogP contribution in [0.15, 0.2) is 18.2 Å². The van der Waals surface area contributed by atoms with Crippen molar-refractivity contribution < 1.29 is 19.4 Å². The Morgan fingerprint density at radius 2 is 2.00 bits per heavy atom. The van der Waals surface area contributed by atoms with Gasteiger partial charge in [-0.15, -0.1) is 0 Å². The lowest BCUT2D eigenvalue weighted by molar-refractivity contribution is -0.141. The normalized spacial score (nSPS) is 16.8. The number of hydrogen-bond donors (Lipinski definition) is 1. The fourth-order valence-corrected chi connectivity index (χ4v) is 3.28. The van der Waals surface area contributed by atoms with Crippen molar-refractivity contribution in [3.05, 3.63) is 28.2 Å². The Kier molecular flexibility index (Phi) is 6.93. The summed E-state index contributed by atoms with van der Waals surface area (Å²) in [5.41, 5.74) is 0. The van der Waals surface area contributed by atoms with E-state index in [4.69, 9.17) is 33.0 Å². The molecular formula is C17H22Cl2N2O4. The summed E-state index contributed by atoms with van der Waals surface area (Å²) in [5.74, 6) is -0.581. The number of carbonyl (C=O) groups is 2. The van der Waals surface area contributed by atoms with Crippen LogP contribution in [0.2, 0.25) is 10.0 Å². The molecule has 138 valence electrons. The molecule has 1 aromatic carbocycles. The molecule has 1 aliphatic heterocycles. The highest BCUT2D eigenvalue weighted by atomic mass is 35.5. The first kappa shape index (κ1) is 19.8. The summed E-state index contributed by atoms with van der Waals surface area (Å²) < 4.78 is 5.67. The van der Waals surface area contributed by atoms with Crippen molar-refractivity contribution in [2.75, 3.05) is 26.7 Å². The number of carboxylic acids is 1. The highest BCUT2D eigenvalue weighted by Gasteiger charge is 2.29. The molecule has 6 nitrogen and oxygen atoms in total. The number of likely N-dealkylation sites (N-methyl/N-ethyl adjacent to an activating group) is 1. The van der Waals surface area contributed by atoms with E-state index in [-0.39, 0.29) is 23.5 Å². The van der Waals surface area contributed by atoms with Gasteiger partial charge >= 0.3 is 5.97 Å². The summed E-state index contributed by atoms with van der Waals surface area (Å²) in [6, 6.07) is 5.20. The molecule has 1 amide bonds. The molecule has 8 heteroatoms. The Balaban J connectivity index is 1.89. The molecule has 0 saturated carbocycles. The number of piperidine rings is 1. The molecule has 1 atom stereocenters. The second-order valence-electron chi connectivity index (χ2n) is 6.18. The molecule has 0 spiro atoms. The third kappa shape index (κ3) is 5.23. The van der Waals surface area contributed by atoms with E-state index >= 15 is 0 Å². The van der Waals surface area contributed by atoms with Crippen LogP contribution < -0.4 is 4.74 Å². The zero-order chi connectivity index (χ0) is 18.6. The van der Waals surface area contributed by atoms with E-state index in [0.717, 1.165) is 12.8 Å². The zero-order valence-electron chi connectivity index (χ0n) is 14.2. The minimum atomic E-state index is -0.846. The molecule has 0 aliphatic carbocycles. The maximum Gasteiger partial charge on any atom is 0.317 e. The molecule has 1 aliphatic rings. The smallest absolute Gasteiger partial charge is 0.317 e. The van der Waals surface area contributed by atoms with Gasteiger partial charge in [-0.3, -0.25) is 14.5 Å². The van der Waals surface area contributed by atoms with Crippen molar-refractivity contribution >= 4 is 35.1 Å². The quantitative estimate of drug-likeness (QED) is 0.810. The SMILES string of the molecule is C[C@H](Oc1cccc(Cl)c1Cl)C(=O)N1CCC(N(C)CC(=O)O)CC1. The number of carboxylic acid groups (broad SMARTS) is 1. The number of hydrogen-bond acceptors (Lipinski definition) is 4. The monoisotopic (exact) mass is 388 g/mol. The molecule has 0 unspecified atom stereocenters. The molecule has 1 fully saturated rings. The molecule has 1 N–H and O–H groups in total. The van der Waals surface area contributed by atoms with Gasteiger partial charge in [0, 0.05) is 19.1 Å². The van der Waals surface area contributed by atoms with Crippen molar-refractivity contribution in [3.63, 3.8) is 0 Å². The highest BCUT2D eigenvalue weighted by molar-refractivity contribution is 6.42. The molecule has 1 heterocycles. The number of ether oxygens (including phenoxy) is 1. The van der Waals surface area contributed by atoms with E-state index < -0.39 is 12.1 Å². The van der Waals surface area contributed by atoms with Gasteiger partial charge in [-0.1, -0.05) is 29.3 Å². The van der Waals surface area contributed by atoms with Gasteiger partial charge in [-0.25, -0.2) is 0 Å². The van der Waals surface area contributed by atoms with Crippen LogP contribution in [0.3, 0.4) is 0 Å². The Bertz CT molecular complexity index is 633. The van der Waals surface area contributed by atoms with Crippen LogP contribution in [0.5, 0.6) is 5.75 Å². The average Bonchev–Trinajstić information content (AvgIpc) is 2.57. The fraction of sp³-hybridized carbons (Fsp3) is 0.529. The standard InChI is InChI=1S/C17H22Cl2N2O4/c1-11(25-14-5-3-4-13(18)16(14)19)17(24)21-8-6-12(7-9-21)20(2)10-15(22)23/h3-5,11-12H,6-10H2,1-2H3,(H,22,23)/t11-/m0/s1. The molecule has 0 bridgehead atoms. The number of benzene rings is 1. The Morgan fingerprint density at radius 1 is 1.36 bits per heavy atom.